The highest BCUT2D eigenvalue weighted by Gasteiger charge is 2.16. The van der Waals surface area contributed by atoms with Crippen LogP contribution in [0.3, 0.4) is 0 Å². The lowest BCUT2D eigenvalue weighted by Gasteiger charge is -2.12. The van der Waals surface area contributed by atoms with Crippen molar-refractivity contribution in [1.29, 1.82) is 0 Å². The summed E-state index contributed by atoms with van der Waals surface area (Å²) in [6.45, 7) is 0.363. The molecule has 7 heteroatoms. The number of benzene rings is 3. The average molecular weight is 423 g/mol. The van der Waals surface area contributed by atoms with Gasteiger partial charge in [0.05, 0.1) is 13.3 Å². The third kappa shape index (κ3) is 4.34. The van der Waals surface area contributed by atoms with Crippen molar-refractivity contribution in [3.05, 3.63) is 83.5 Å². The van der Waals surface area contributed by atoms with Gasteiger partial charge in [-0.3, -0.25) is 5.10 Å². The van der Waals surface area contributed by atoms with Gasteiger partial charge in [0, 0.05) is 16.7 Å². The van der Waals surface area contributed by atoms with Crippen LogP contribution in [0.15, 0.2) is 72.9 Å². The van der Waals surface area contributed by atoms with E-state index in [0.29, 0.717) is 45.9 Å². The number of nitrogens with one attached hydrogen (secondary N) is 1. The lowest BCUT2D eigenvalue weighted by atomic mass is 10.1. The molecule has 0 saturated heterocycles. The number of nitrogens with zero attached hydrogens (tertiary/aromatic N) is 1. The van der Waals surface area contributed by atoms with E-state index in [-0.39, 0.29) is 5.75 Å². The smallest absolute Gasteiger partial charge is 0.173 e. The molecule has 0 unspecified atom stereocenters. The van der Waals surface area contributed by atoms with Gasteiger partial charge in [-0.15, -0.1) is 0 Å². The average Bonchev–Trinajstić information content (AvgIpc) is 3.21. The van der Waals surface area contributed by atoms with Crippen LogP contribution in [0.1, 0.15) is 5.56 Å². The normalized spacial score (nSPS) is 10.6. The largest absolute Gasteiger partial charge is 0.507 e. The Bertz CT molecular complexity index is 1140. The van der Waals surface area contributed by atoms with E-state index in [1.807, 2.05) is 36.4 Å². The summed E-state index contributed by atoms with van der Waals surface area (Å²) in [5.41, 5.74) is 2.06. The molecular weight excluding hydrogens is 404 g/mol. The lowest BCUT2D eigenvalue weighted by Crippen LogP contribution is -1.95. The third-order valence-corrected chi connectivity index (χ3v) is 4.70. The number of aromatic amines is 1. The summed E-state index contributed by atoms with van der Waals surface area (Å²) >= 11 is 5.90. The molecule has 2 N–H and O–H groups in total. The molecule has 0 amide bonds. The van der Waals surface area contributed by atoms with Crippen molar-refractivity contribution in [1.82, 2.24) is 10.2 Å². The molecule has 6 nitrogen and oxygen atoms in total. The Hall–Kier alpha value is -3.64. The van der Waals surface area contributed by atoms with Gasteiger partial charge >= 0.3 is 0 Å². The molecule has 1 aromatic heterocycles. The SMILES string of the molecule is COc1ccccc1Oc1cn[nH]c1-c1ccc(OCc2ccc(Cl)cc2)cc1O. The molecule has 0 saturated carbocycles. The molecule has 152 valence electrons. The van der Waals surface area contributed by atoms with Gasteiger partial charge in [-0.05, 0) is 42.0 Å². The number of phenols is 1. The maximum atomic E-state index is 10.6. The summed E-state index contributed by atoms with van der Waals surface area (Å²) in [6, 6.07) is 19.8. The molecule has 4 rings (SSSR count). The van der Waals surface area contributed by atoms with Gasteiger partial charge in [-0.1, -0.05) is 35.9 Å². The predicted octanol–water partition coefficient (Wildman–Crippen LogP) is 5.82. The lowest BCUT2D eigenvalue weighted by molar-refractivity contribution is 0.304. The zero-order valence-corrected chi connectivity index (χ0v) is 16.9. The number of ether oxygens (including phenoxy) is 3. The molecule has 0 atom stereocenters. The van der Waals surface area contributed by atoms with Crippen LogP contribution >= 0.6 is 11.6 Å². The number of rotatable bonds is 7. The number of methoxy groups -OCH3 is 1. The summed E-state index contributed by atoms with van der Waals surface area (Å²) in [5.74, 6) is 2.19. The Kier molecular flexibility index (Phi) is 5.77. The summed E-state index contributed by atoms with van der Waals surface area (Å²) in [7, 11) is 1.58. The zero-order chi connectivity index (χ0) is 20.9. The fourth-order valence-corrected chi connectivity index (χ4v) is 3.05. The van der Waals surface area contributed by atoms with Gasteiger partial charge in [0.15, 0.2) is 17.2 Å². The molecule has 3 aromatic carbocycles. The Balaban J connectivity index is 1.52. The quantitative estimate of drug-likeness (QED) is 0.392. The number of aromatic hydroxyl groups is 1. The third-order valence-electron chi connectivity index (χ3n) is 4.45. The standard InChI is InChI=1S/C23H19ClN2O4/c1-28-20-4-2-3-5-21(20)30-22-13-25-26-23(22)18-11-10-17(12-19(18)27)29-14-15-6-8-16(24)9-7-15/h2-13,27H,14H2,1H3,(H,25,26). The molecule has 0 aliphatic rings. The molecule has 30 heavy (non-hydrogen) atoms. The number of para-hydroxylation sites is 2. The molecule has 1 heterocycles. The van der Waals surface area contributed by atoms with Gasteiger partial charge in [0.1, 0.15) is 23.8 Å². The van der Waals surface area contributed by atoms with Crippen LogP contribution < -0.4 is 14.2 Å². The molecular formula is C23H19ClN2O4. The number of aromatic nitrogens is 2. The van der Waals surface area contributed by atoms with E-state index in [4.69, 9.17) is 25.8 Å². The van der Waals surface area contributed by atoms with Gasteiger partial charge < -0.3 is 19.3 Å². The molecule has 0 aliphatic carbocycles. The molecule has 0 fully saturated rings. The summed E-state index contributed by atoms with van der Waals surface area (Å²) < 4.78 is 17.0. The van der Waals surface area contributed by atoms with E-state index >= 15 is 0 Å². The van der Waals surface area contributed by atoms with Crippen LogP contribution in [0.5, 0.6) is 28.7 Å². The van der Waals surface area contributed by atoms with E-state index in [1.165, 1.54) is 0 Å². The minimum absolute atomic E-state index is 0.0396. The number of halogens is 1. The van der Waals surface area contributed by atoms with Crippen LogP contribution in [-0.4, -0.2) is 22.4 Å². The highest BCUT2D eigenvalue weighted by molar-refractivity contribution is 6.30. The summed E-state index contributed by atoms with van der Waals surface area (Å²) in [5, 5.41) is 18.2. The Labute approximate surface area is 178 Å². The maximum absolute atomic E-state index is 10.6. The Morgan fingerprint density at radius 3 is 2.47 bits per heavy atom. The maximum Gasteiger partial charge on any atom is 0.173 e. The molecule has 0 spiro atoms. The minimum atomic E-state index is 0.0396. The second-order valence-electron chi connectivity index (χ2n) is 6.46. The van der Waals surface area contributed by atoms with Gasteiger partial charge in [-0.2, -0.15) is 5.10 Å². The number of phenolic OH excluding ortho intramolecular Hbond substituents is 1. The highest BCUT2D eigenvalue weighted by atomic mass is 35.5. The second-order valence-corrected chi connectivity index (χ2v) is 6.89. The first-order chi connectivity index (χ1) is 14.6. The van der Waals surface area contributed by atoms with Crippen molar-refractivity contribution in [3.8, 4) is 40.0 Å². The predicted molar refractivity (Wildman–Crippen MR) is 115 cm³/mol. The molecule has 0 aliphatic heterocycles. The van der Waals surface area contributed by atoms with Crippen molar-refractivity contribution >= 4 is 11.6 Å². The fraction of sp³-hybridized carbons (Fsp3) is 0.0870. The van der Waals surface area contributed by atoms with E-state index in [1.54, 1.807) is 43.6 Å². The number of hydrogen-bond donors (Lipinski definition) is 2. The minimum Gasteiger partial charge on any atom is -0.507 e. The van der Waals surface area contributed by atoms with Crippen molar-refractivity contribution < 1.29 is 19.3 Å². The van der Waals surface area contributed by atoms with Crippen molar-refractivity contribution in [3.63, 3.8) is 0 Å². The van der Waals surface area contributed by atoms with Crippen LogP contribution in [0.2, 0.25) is 5.02 Å². The number of H-pyrrole nitrogens is 1. The van der Waals surface area contributed by atoms with E-state index in [2.05, 4.69) is 10.2 Å². The highest BCUT2D eigenvalue weighted by Crippen LogP contribution is 2.39. The topological polar surface area (TPSA) is 76.6 Å². The first-order valence-corrected chi connectivity index (χ1v) is 9.56. The number of hydrogen-bond acceptors (Lipinski definition) is 5. The summed E-state index contributed by atoms with van der Waals surface area (Å²) in [4.78, 5) is 0. The Morgan fingerprint density at radius 2 is 1.73 bits per heavy atom. The van der Waals surface area contributed by atoms with E-state index in [0.717, 1.165) is 5.56 Å². The molecule has 0 radical (unpaired) electrons. The molecule has 0 bridgehead atoms. The monoisotopic (exact) mass is 422 g/mol. The van der Waals surface area contributed by atoms with E-state index < -0.39 is 0 Å². The van der Waals surface area contributed by atoms with Crippen molar-refractivity contribution in [2.45, 2.75) is 6.61 Å². The van der Waals surface area contributed by atoms with Crippen LogP contribution in [0, 0.1) is 0 Å². The first-order valence-electron chi connectivity index (χ1n) is 9.19. The second kappa shape index (κ2) is 8.80. The van der Waals surface area contributed by atoms with Gasteiger partial charge in [-0.25, -0.2) is 0 Å². The first kappa shape index (κ1) is 19.7. The zero-order valence-electron chi connectivity index (χ0n) is 16.1. The Morgan fingerprint density at radius 1 is 0.967 bits per heavy atom. The summed E-state index contributed by atoms with van der Waals surface area (Å²) in [6.07, 6.45) is 1.55. The van der Waals surface area contributed by atoms with Crippen LogP contribution in [0.4, 0.5) is 0 Å². The van der Waals surface area contributed by atoms with Gasteiger partial charge in [0.2, 0.25) is 0 Å². The van der Waals surface area contributed by atoms with Crippen molar-refractivity contribution in [2.75, 3.05) is 7.11 Å². The fourth-order valence-electron chi connectivity index (χ4n) is 2.93. The molecule has 4 aromatic rings. The van der Waals surface area contributed by atoms with Gasteiger partial charge in [0.25, 0.3) is 0 Å². The van der Waals surface area contributed by atoms with Crippen LogP contribution in [-0.2, 0) is 6.61 Å². The van der Waals surface area contributed by atoms with E-state index in [9.17, 15) is 5.11 Å². The van der Waals surface area contributed by atoms with Crippen LogP contribution in [0.25, 0.3) is 11.3 Å². The van der Waals surface area contributed by atoms with Crippen molar-refractivity contribution in [2.24, 2.45) is 0 Å².